The quantitative estimate of drug-likeness (QED) is 0.0247. The molecule has 0 aromatic heterocycles. The molecule has 318 valence electrons. The van der Waals surface area contributed by atoms with Crippen molar-refractivity contribution in [3.8, 4) is 0 Å². The van der Waals surface area contributed by atoms with Gasteiger partial charge in [-0.25, -0.2) is 4.57 Å². The SMILES string of the molecule is CCCCCCCC/C=C\CCCCCCCCCCCC(=O)NC(COP(=O)(O)OCC[N+](C)(C)C)C(O)/C=C/CC/C=C/CCCCCCCCC. The van der Waals surface area contributed by atoms with Crippen molar-refractivity contribution in [1.29, 1.82) is 0 Å². The zero-order valence-corrected chi connectivity index (χ0v) is 36.9. The van der Waals surface area contributed by atoms with Gasteiger partial charge in [-0.1, -0.05) is 166 Å². The number of carbonyl (C=O) groups excluding carboxylic acids is 1. The summed E-state index contributed by atoms with van der Waals surface area (Å²) in [5.41, 5.74) is 0. The number of hydrogen-bond acceptors (Lipinski definition) is 5. The highest BCUT2D eigenvalue weighted by Crippen LogP contribution is 2.43. The summed E-state index contributed by atoms with van der Waals surface area (Å²) in [6.45, 7) is 4.77. The van der Waals surface area contributed by atoms with E-state index in [1.165, 1.54) is 135 Å². The maximum atomic E-state index is 12.9. The first-order valence-corrected chi connectivity index (χ1v) is 23.9. The van der Waals surface area contributed by atoms with Gasteiger partial charge in [0.2, 0.25) is 5.91 Å². The molecule has 0 aliphatic rings. The van der Waals surface area contributed by atoms with Gasteiger partial charge in [0.1, 0.15) is 13.2 Å². The number of carbonyl (C=O) groups is 1. The van der Waals surface area contributed by atoms with E-state index < -0.39 is 20.0 Å². The molecule has 0 bridgehead atoms. The van der Waals surface area contributed by atoms with Crippen LogP contribution in [0.15, 0.2) is 36.5 Å². The largest absolute Gasteiger partial charge is 0.472 e. The number of nitrogens with one attached hydrogen (secondary N) is 1. The summed E-state index contributed by atoms with van der Waals surface area (Å²) in [6, 6.07) is -0.861. The monoisotopic (exact) mass is 784 g/mol. The summed E-state index contributed by atoms with van der Waals surface area (Å²) in [6.07, 6.45) is 45.0. The van der Waals surface area contributed by atoms with Crippen molar-refractivity contribution >= 4 is 13.7 Å². The van der Waals surface area contributed by atoms with E-state index in [1.807, 2.05) is 27.2 Å². The molecule has 0 radical (unpaired) electrons. The fourth-order valence-electron chi connectivity index (χ4n) is 6.23. The maximum Gasteiger partial charge on any atom is 0.472 e. The van der Waals surface area contributed by atoms with E-state index in [1.54, 1.807) is 6.08 Å². The van der Waals surface area contributed by atoms with Gasteiger partial charge >= 0.3 is 7.82 Å². The molecule has 0 saturated heterocycles. The molecule has 0 saturated carbocycles. The summed E-state index contributed by atoms with van der Waals surface area (Å²) in [5.74, 6) is -0.191. The minimum atomic E-state index is -4.34. The molecule has 3 atom stereocenters. The van der Waals surface area contributed by atoms with Crippen LogP contribution in [0.5, 0.6) is 0 Å². The number of unbranched alkanes of at least 4 members (excludes halogenated alkanes) is 23. The summed E-state index contributed by atoms with van der Waals surface area (Å²) in [5, 5.41) is 13.8. The van der Waals surface area contributed by atoms with E-state index in [0.29, 0.717) is 17.4 Å². The van der Waals surface area contributed by atoms with Crippen molar-refractivity contribution in [2.75, 3.05) is 40.9 Å². The van der Waals surface area contributed by atoms with Gasteiger partial charge in [0.25, 0.3) is 0 Å². The summed E-state index contributed by atoms with van der Waals surface area (Å²) >= 11 is 0. The van der Waals surface area contributed by atoms with E-state index in [-0.39, 0.29) is 19.1 Å². The van der Waals surface area contributed by atoms with Crippen LogP contribution in [0.2, 0.25) is 0 Å². The van der Waals surface area contributed by atoms with E-state index in [9.17, 15) is 19.4 Å². The highest BCUT2D eigenvalue weighted by atomic mass is 31.2. The van der Waals surface area contributed by atoms with Crippen LogP contribution in [-0.4, -0.2) is 73.4 Å². The van der Waals surface area contributed by atoms with Crippen molar-refractivity contribution in [2.45, 2.75) is 206 Å². The van der Waals surface area contributed by atoms with Crippen LogP contribution in [0.3, 0.4) is 0 Å². The lowest BCUT2D eigenvalue weighted by molar-refractivity contribution is -0.870. The van der Waals surface area contributed by atoms with Crippen molar-refractivity contribution in [3.05, 3.63) is 36.5 Å². The van der Waals surface area contributed by atoms with Crippen LogP contribution in [0.25, 0.3) is 0 Å². The molecule has 0 aromatic carbocycles. The van der Waals surface area contributed by atoms with E-state index in [2.05, 4.69) is 43.5 Å². The van der Waals surface area contributed by atoms with E-state index >= 15 is 0 Å². The van der Waals surface area contributed by atoms with Crippen LogP contribution < -0.4 is 5.32 Å². The highest BCUT2D eigenvalue weighted by molar-refractivity contribution is 7.47. The number of quaternary nitrogens is 1. The Morgan fingerprint density at radius 2 is 1.02 bits per heavy atom. The van der Waals surface area contributed by atoms with Gasteiger partial charge in [-0.3, -0.25) is 13.8 Å². The average Bonchev–Trinajstić information content (AvgIpc) is 3.12. The molecule has 9 heteroatoms. The standard InChI is InChI=1S/C45H87N2O6P/c1-6-8-10-12-14-16-18-20-21-22-23-24-25-27-29-31-33-35-37-39-45(49)46-43(42-53-54(50,51)52-41-40-47(3,4)5)44(48)38-36-34-32-30-28-26-19-17-15-13-11-9-7-2/h20-21,28,30,36,38,43-44,48H,6-19,22-27,29,31-35,37,39-42H2,1-5H3,(H-,46,49,50,51)/p+1/b21-20-,30-28+,38-36+. The zero-order chi connectivity index (χ0) is 40.0. The molecule has 0 aliphatic carbocycles. The Morgan fingerprint density at radius 3 is 1.48 bits per heavy atom. The lowest BCUT2D eigenvalue weighted by Gasteiger charge is -2.25. The van der Waals surface area contributed by atoms with Crippen LogP contribution in [0, 0.1) is 0 Å². The van der Waals surface area contributed by atoms with Gasteiger partial charge in [-0.15, -0.1) is 0 Å². The Balaban J connectivity index is 4.41. The number of likely N-dealkylation sites (N-methyl/N-ethyl adjacent to an activating group) is 1. The predicted molar refractivity (Wildman–Crippen MR) is 231 cm³/mol. The lowest BCUT2D eigenvalue weighted by atomic mass is 10.0. The van der Waals surface area contributed by atoms with Gasteiger partial charge in [0, 0.05) is 6.42 Å². The summed E-state index contributed by atoms with van der Waals surface area (Å²) < 4.78 is 23.5. The summed E-state index contributed by atoms with van der Waals surface area (Å²) in [4.78, 5) is 23.1. The van der Waals surface area contributed by atoms with Gasteiger partial charge in [0.05, 0.1) is 39.9 Å². The first-order valence-electron chi connectivity index (χ1n) is 22.4. The second-order valence-electron chi connectivity index (χ2n) is 16.4. The normalized spacial score (nSPS) is 14.7. The molecule has 0 spiro atoms. The number of aliphatic hydroxyl groups excluding tert-OH is 1. The van der Waals surface area contributed by atoms with Crippen molar-refractivity contribution in [1.82, 2.24) is 5.32 Å². The second kappa shape index (κ2) is 37.3. The lowest BCUT2D eigenvalue weighted by Crippen LogP contribution is -2.45. The number of aliphatic hydroxyl groups is 1. The van der Waals surface area contributed by atoms with Crippen molar-refractivity contribution in [3.63, 3.8) is 0 Å². The Bertz CT molecular complexity index is 980. The fraction of sp³-hybridized carbons (Fsp3) is 0.844. The topological polar surface area (TPSA) is 105 Å². The van der Waals surface area contributed by atoms with E-state index in [4.69, 9.17) is 9.05 Å². The number of hydrogen-bond donors (Lipinski definition) is 3. The van der Waals surface area contributed by atoms with Gasteiger partial charge in [0.15, 0.2) is 0 Å². The summed E-state index contributed by atoms with van der Waals surface area (Å²) in [7, 11) is 1.55. The molecule has 3 unspecified atom stereocenters. The van der Waals surface area contributed by atoms with Crippen LogP contribution >= 0.6 is 7.82 Å². The Labute approximate surface area is 334 Å². The third-order valence-electron chi connectivity index (χ3n) is 9.83. The molecule has 0 aromatic rings. The average molecular weight is 784 g/mol. The number of phosphoric acid groups is 1. The fourth-order valence-corrected chi connectivity index (χ4v) is 6.96. The molecule has 8 nitrogen and oxygen atoms in total. The molecule has 0 aliphatic heterocycles. The van der Waals surface area contributed by atoms with Gasteiger partial charge in [-0.05, 0) is 57.8 Å². The Hall–Kier alpha value is -1.28. The first-order chi connectivity index (χ1) is 26.0. The molecular weight excluding hydrogens is 695 g/mol. The third kappa shape index (κ3) is 39.0. The van der Waals surface area contributed by atoms with E-state index in [0.717, 1.165) is 38.5 Å². The minimum absolute atomic E-state index is 0.0558. The van der Waals surface area contributed by atoms with Crippen LogP contribution in [-0.2, 0) is 18.4 Å². The molecule has 0 heterocycles. The predicted octanol–water partition coefficient (Wildman–Crippen LogP) is 12.3. The smallest absolute Gasteiger partial charge is 0.387 e. The van der Waals surface area contributed by atoms with Crippen molar-refractivity contribution in [2.24, 2.45) is 0 Å². The van der Waals surface area contributed by atoms with Gasteiger partial charge < -0.3 is 19.8 Å². The Morgan fingerprint density at radius 1 is 0.611 bits per heavy atom. The Kier molecular flexibility index (Phi) is 36.4. The number of phosphoric ester groups is 1. The molecule has 54 heavy (non-hydrogen) atoms. The molecule has 0 fully saturated rings. The maximum absolute atomic E-state index is 12.9. The number of amides is 1. The van der Waals surface area contributed by atoms with Gasteiger partial charge in [-0.2, -0.15) is 0 Å². The number of allylic oxidation sites excluding steroid dienone is 5. The highest BCUT2D eigenvalue weighted by Gasteiger charge is 2.27. The van der Waals surface area contributed by atoms with Crippen LogP contribution in [0.4, 0.5) is 0 Å². The third-order valence-corrected chi connectivity index (χ3v) is 10.8. The molecule has 1 amide bonds. The number of rotatable bonds is 40. The zero-order valence-electron chi connectivity index (χ0n) is 36.0. The van der Waals surface area contributed by atoms with Crippen LogP contribution in [0.1, 0.15) is 194 Å². The second-order valence-corrected chi connectivity index (χ2v) is 17.9. The molecular formula is C45H88N2O6P+. The van der Waals surface area contributed by atoms with Crippen molar-refractivity contribution < 1.29 is 32.9 Å². The first kappa shape index (κ1) is 52.7. The molecule has 3 N–H and O–H groups in total. The number of nitrogens with zero attached hydrogens (tertiary/aromatic N) is 1. The molecule has 0 rings (SSSR count). The minimum Gasteiger partial charge on any atom is -0.387 e.